The fraction of sp³-hybridized carbons (Fsp3) is 0.190. The third-order valence-corrected chi connectivity index (χ3v) is 5.71. The Hall–Kier alpha value is -3.85. The van der Waals surface area contributed by atoms with Gasteiger partial charge in [0.05, 0.1) is 38.6 Å². The summed E-state index contributed by atoms with van der Waals surface area (Å²) in [6.45, 7) is 0. The number of benzene rings is 2. The van der Waals surface area contributed by atoms with Gasteiger partial charge in [-0.2, -0.15) is 18.4 Å². The number of non-ortho nitro benzene ring substituents is 1. The van der Waals surface area contributed by atoms with Crippen LogP contribution in [0.1, 0.15) is 23.5 Å². The van der Waals surface area contributed by atoms with Crippen LogP contribution < -0.4 is 10.6 Å². The van der Waals surface area contributed by atoms with E-state index in [-0.39, 0.29) is 28.5 Å². The SMILES string of the molecule is N#CC1=C(SCC(=O)Nc2ccccc2C(F)(F)F)NC(=O)C[C@H]1c1cccc([N+](=O)[O-])c1. The Labute approximate surface area is 189 Å². The molecule has 170 valence electrons. The van der Waals surface area contributed by atoms with Gasteiger partial charge in [-0.3, -0.25) is 19.7 Å². The molecule has 2 aromatic carbocycles. The highest BCUT2D eigenvalue weighted by Crippen LogP contribution is 2.37. The Balaban J connectivity index is 1.80. The predicted molar refractivity (Wildman–Crippen MR) is 114 cm³/mol. The van der Waals surface area contributed by atoms with Crippen LogP contribution in [0.15, 0.2) is 59.1 Å². The van der Waals surface area contributed by atoms with E-state index in [2.05, 4.69) is 10.6 Å². The van der Waals surface area contributed by atoms with E-state index in [0.717, 1.165) is 23.9 Å². The van der Waals surface area contributed by atoms with Crippen molar-refractivity contribution >= 4 is 35.0 Å². The molecule has 0 saturated carbocycles. The zero-order valence-electron chi connectivity index (χ0n) is 16.7. The first-order valence-electron chi connectivity index (χ1n) is 9.37. The van der Waals surface area contributed by atoms with Crippen molar-refractivity contribution in [2.45, 2.75) is 18.5 Å². The molecular weight excluding hydrogens is 461 g/mol. The van der Waals surface area contributed by atoms with E-state index in [9.17, 15) is 38.1 Å². The average Bonchev–Trinajstić information content (AvgIpc) is 2.77. The van der Waals surface area contributed by atoms with Crippen LogP contribution in [0.3, 0.4) is 0 Å². The highest BCUT2D eigenvalue weighted by atomic mass is 32.2. The number of thioether (sulfide) groups is 1. The quantitative estimate of drug-likeness (QED) is 0.472. The smallest absolute Gasteiger partial charge is 0.325 e. The van der Waals surface area contributed by atoms with Crippen molar-refractivity contribution in [2.75, 3.05) is 11.1 Å². The van der Waals surface area contributed by atoms with Gasteiger partial charge in [-0.1, -0.05) is 36.0 Å². The number of nitrogens with zero attached hydrogens (tertiary/aromatic N) is 2. The van der Waals surface area contributed by atoms with Gasteiger partial charge in [0.2, 0.25) is 11.8 Å². The number of allylic oxidation sites excluding steroid dienone is 1. The fourth-order valence-electron chi connectivity index (χ4n) is 3.24. The van der Waals surface area contributed by atoms with Crippen LogP contribution >= 0.6 is 11.8 Å². The molecule has 0 spiro atoms. The van der Waals surface area contributed by atoms with E-state index in [4.69, 9.17) is 0 Å². The number of anilines is 1. The number of carbonyl (C=O) groups excluding carboxylic acids is 2. The van der Waals surface area contributed by atoms with Crippen molar-refractivity contribution in [2.24, 2.45) is 0 Å². The van der Waals surface area contributed by atoms with Gasteiger partial charge in [-0.15, -0.1) is 0 Å². The number of nitro groups is 1. The van der Waals surface area contributed by atoms with Gasteiger partial charge in [0, 0.05) is 24.5 Å². The van der Waals surface area contributed by atoms with E-state index in [0.29, 0.717) is 5.56 Å². The number of halogens is 3. The van der Waals surface area contributed by atoms with Gasteiger partial charge in [-0.25, -0.2) is 0 Å². The van der Waals surface area contributed by atoms with E-state index in [1.54, 1.807) is 6.07 Å². The Morgan fingerprint density at radius 2 is 2.00 bits per heavy atom. The number of rotatable bonds is 6. The lowest BCUT2D eigenvalue weighted by Gasteiger charge is -2.25. The Morgan fingerprint density at radius 1 is 1.27 bits per heavy atom. The van der Waals surface area contributed by atoms with Gasteiger partial charge >= 0.3 is 6.18 Å². The van der Waals surface area contributed by atoms with Gasteiger partial charge < -0.3 is 10.6 Å². The number of alkyl halides is 3. The summed E-state index contributed by atoms with van der Waals surface area (Å²) in [6, 6.07) is 12.0. The summed E-state index contributed by atoms with van der Waals surface area (Å²) in [5, 5.41) is 25.5. The normalized spacial score (nSPS) is 16.1. The molecule has 0 aliphatic carbocycles. The summed E-state index contributed by atoms with van der Waals surface area (Å²) in [5.74, 6) is -2.38. The van der Waals surface area contributed by atoms with Gasteiger partial charge in [0.15, 0.2) is 0 Å². The molecular formula is C21H15F3N4O4S. The molecule has 0 saturated heterocycles. The third kappa shape index (κ3) is 5.69. The van der Waals surface area contributed by atoms with Crippen LogP contribution in [-0.4, -0.2) is 22.5 Å². The maximum Gasteiger partial charge on any atom is 0.418 e. The molecule has 0 radical (unpaired) electrons. The predicted octanol–water partition coefficient (Wildman–Crippen LogP) is 4.32. The van der Waals surface area contributed by atoms with Crippen molar-refractivity contribution in [3.63, 3.8) is 0 Å². The molecule has 0 aromatic heterocycles. The highest BCUT2D eigenvalue weighted by molar-refractivity contribution is 8.03. The molecule has 0 fully saturated rings. The largest absolute Gasteiger partial charge is 0.418 e. The van der Waals surface area contributed by atoms with Gasteiger partial charge in [0.25, 0.3) is 5.69 Å². The fourth-order valence-corrected chi connectivity index (χ4v) is 4.11. The van der Waals surface area contributed by atoms with Crippen molar-refractivity contribution in [1.82, 2.24) is 5.32 Å². The zero-order chi connectivity index (χ0) is 24.2. The molecule has 1 heterocycles. The summed E-state index contributed by atoms with van der Waals surface area (Å²) >= 11 is 0.781. The van der Waals surface area contributed by atoms with Crippen molar-refractivity contribution in [3.8, 4) is 6.07 Å². The van der Waals surface area contributed by atoms with Gasteiger partial charge in [-0.05, 0) is 17.7 Å². The van der Waals surface area contributed by atoms with Crippen LogP contribution in [-0.2, 0) is 15.8 Å². The van der Waals surface area contributed by atoms with Crippen LogP contribution in [0.2, 0.25) is 0 Å². The maximum atomic E-state index is 13.1. The Kier molecular flexibility index (Phi) is 7.03. The number of carbonyl (C=O) groups is 2. The first-order chi connectivity index (χ1) is 15.6. The second-order valence-corrected chi connectivity index (χ2v) is 7.88. The van der Waals surface area contributed by atoms with E-state index in [1.807, 2.05) is 6.07 Å². The molecule has 1 aliphatic rings. The number of para-hydroxylation sites is 1. The lowest BCUT2D eigenvalue weighted by Crippen LogP contribution is -2.31. The molecule has 0 unspecified atom stereocenters. The maximum absolute atomic E-state index is 13.1. The number of amides is 2. The number of nitro benzene ring substituents is 1. The molecule has 8 nitrogen and oxygen atoms in total. The average molecular weight is 476 g/mol. The third-order valence-electron chi connectivity index (χ3n) is 4.69. The van der Waals surface area contributed by atoms with E-state index < -0.39 is 40.1 Å². The second-order valence-electron chi connectivity index (χ2n) is 6.89. The Morgan fingerprint density at radius 3 is 2.67 bits per heavy atom. The van der Waals surface area contributed by atoms with Gasteiger partial charge in [0.1, 0.15) is 0 Å². The second kappa shape index (κ2) is 9.74. The van der Waals surface area contributed by atoms with Crippen molar-refractivity contribution in [1.29, 1.82) is 5.26 Å². The van der Waals surface area contributed by atoms with Crippen molar-refractivity contribution in [3.05, 3.63) is 80.4 Å². The first kappa shape index (κ1) is 23.8. The molecule has 2 N–H and O–H groups in total. The lowest BCUT2D eigenvalue weighted by atomic mass is 9.87. The number of nitrogens with one attached hydrogen (secondary N) is 2. The van der Waals surface area contributed by atoms with Crippen LogP contribution in [0, 0.1) is 21.4 Å². The molecule has 12 heteroatoms. The minimum Gasteiger partial charge on any atom is -0.325 e. The van der Waals surface area contributed by atoms with Crippen LogP contribution in [0.5, 0.6) is 0 Å². The summed E-state index contributed by atoms with van der Waals surface area (Å²) < 4.78 is 39.3. The van der Waals surface area contributed by atoms with E-state index in [1.165, 1.54) is 30.3 Å². The lowest BCUT2D eigenvalue weighted by molar-refractivity contribution is -0.384. The molecule has 0 bridgehead atoms. The molecule has 1 aliphatic heterocycles. The monoisotopic (exact) mass is 476 g/mol. The minimum atomic E-state index is -4.66. The summed E-state index contributed by atoms with van der Waals surface area (Å²) in [6.07, 6.45) is -4.78. The molecule has 2 aromatic rings. The minimum absolute atomic E-state index is 0.0736. The molecule has 3 rings (SSSR count). The number of hydrogen-bond acceptors (Lipinski definition) is 6. The highest BCUT2D eigenvalue weighted by Gasteiger charge is 2.34. The zero-order valence-corrected chi connectivity index (χ0v) is 17.5. The Bertz CT molecular complexity index is 1190. The summed E-state index contributed by atoms with van der Waals surface area (Å²) in [4.78, 5) is 35.0. The number of nitriles is 1. The topological polar surface area (TPSA) is 125 Å². The van der Waals surface area contributed by atoms with Crippen molar-refractivity contribution < 1.29 is 27.7 Å². The van der Waals surface area contributed by atoms with E-state index >= 15 is 0 Å². The summed E-state index contributed by atoms with van der Waals surface area (Å²) in [5.41, 5.74) is -1.13. The first-order valence-corrected chi connectivity index (χ1v) is 10.4. The summed E-state index contributed by atoms with van der Waals surface area (Å²) in [7, 11) is 0. The number of hydrogen-bond donors (Lipinski definition) is 2. The molecule has 2 amide bonds. The molecule has 33 heavy (non-hydrogen) atoms. The van der Waals surface area contributed by atoms with Crippen LogP contribution in [0.4, 0.5) is 24.5 Å². The van der Waals surface area contributed by atoms with Crippen LogP contribution in [0.25, 0.3) is 0 Å². The molecule has 1 atom stereocenters. The standard InChI is InChI=1S/C21H15F3N4O4S/c22-21(23,24)16-6-1-2-7-17(16)26-19(30)11-33-20-15(10-25)14(9-18(29)27-20)12-4-3-5-13(8-12)28(31)32/h1-8,14H,9,11H2,(H,26,30)(H,27,29)/t14-/m0/s1.